The molecule has 1 aliphatic carbocycles. The number of unbranched alkanes of at least 4 members (excludes halogenated alkanes) is 1. The van der Waals surface area contributed by atoms with Gasteiger partial charge in [-0.05, 0) is 80.0 Å². The quantitative estimate of drug-likeness (QED) is 0.239. The van der Waals surface area contributed by atoms with E-state index in [2.05, 4.69) is 6.58 Å². The number of hydrogen-bond donors (Lipinski definition) is 0. The largest absolute Gasteiger partial charge is 0.493 e. The molecule has 4 rings (SSSR count). The number of ether oxygens (including phenoxy) is 1. The van der Waals surface area contributed by atoms with Crippen molar-refractivity contribution in [1.29, 1.82) is 0 Å². The lowest BCUT2D eigenvalue weighted by molar-refractivity contribution is 0.309. The summed E-state index contributed by atoms with van der Waals surface area (Å²) in [6.07, 6.45) is 6.42. The minimum atomic E-state index is -0.793. The molecular formula is C30H31F3O. The van der Waals surface area contributed by atoms with Gasteiger partial charge in [-0.3, -0.25) is 0 Å². The average Bonchev–Trinajstić information content (AvgIpc) is 2.85. The molecule has 3 aromatic carbocycles. The van der Waals surface area contributed by atoms with E-state index in [0.29, 0.717) is 41.9 Å². The molecule has 1 saturated carbocycles. The molecule has 1 fully saturated rings. The fraction of sp³-hybridized carbons (Fsp3) is 0.333. The second-order valence-electron chi connectivity index (χ2n) is 9.21. The molecule has 0 spiro atoms. The van der Waals surface area contributed by atoms with E-state index >= 15 is 4.39 Å². The first-order chi connectivity index (χ1) is 16.5. The summed E-state index contributed by atoms with van der Waals surface area (Å²) >= 11 is 0. The lowest BCUT2D eigenvalue weighted by Crippen LogP contribution is -2.15. The summed E-state index contributed by atoms with van der Waals surface area (Å²) in [6.45, 7) is 6.17. The Bertz CT molecular complexity index is 1130. The average molecular weight is 465 g/mol. The molecule has 0 aliphatic heterocycles. The molecule has 0 heterocycles. The third-order valence-electron chi connectivity index (χ3n) is 6.87. The smallest absolute Gasteiger partial charge is 0.166 e. The van der Waals surface area contributed by atoms with E-state index in [1.54, 1.807) is 18.2 Å². The number of allylic oxidation sites excluding steroid dienone is 1. The molecular weight excluding hydrogens is 433 g/mol. The van der Waals surface area contributed by atoms with Gasteiger partial charge in [0.15, 0.2) is 11.6 Å². The first-order valence-corrected chi connectivity index (χ1v) is 12.1. The molecule has 0 atom stereocenters. The zero-order valence-electron chi connectivity index (χ0n) is 19.6. The van der Waals surface area contributed by atoms with Crippen molar-refractivity contribution in [2.75, 3.05) is 6.61 Å². The molecule has 0 amide bonds. The summed E-state index contributed by atoms with van der Waals surface area (Å²) in [5.74, 6) is -1.27. The van der Waals surface area contributed by atoms with Gasteiger partial charge in [-0.1, -0.05) is 54.1 Å². The van der Waals surface area contributed by atoms with Crippen LogP contribution in [0.25, 0.3) is 11.1 Å². The zero-order chi connectivity index (χ0) is 24.1. The van der Waals surface area contributed by atoms with Crippen LogP contribution in [0.5, 0.6) is 5.75 Å². The minimum absolute atomic E-state index is 0.0617. The van der Waals surface area contributed by atoms with Gasteiger partial charge in [-0.15, -0.1) is 6.58 Å². The maximum Gasteiger partial charge on any atom is 0.166 e. The van der Waals surface area contributed by atoms with Crippen LogP contribution in [0.15, 0.2) is 67.3 Å². The number of halogens is 3. The normalized spacial score (nSPS) is 18.0. The molecule has 1 aliphatic rings. The predicted octanol–water partition coefficient (Wildman–Crippen LogP) is 8.87. The summed E-state index contributed by atoms with van der Waals surface area (Å²) in [6, 6.07) is 15.9. The molecule has 3 aromatic rings. The first-order valence-electron chi connectivity index (χ1n) is 12.1. The summed E-state index contributed by atoms with van der Waals surface area (Å²) < 4.78 is 50.3. The van der Waals surface area contributed by atoms with Crippen LogP contribution in [0.1, 0.15) is 67.1 Å². The molecule has 0 bridgehead atoms. The van der Waals surface area contributed by atoms with Gasteiger partial charge in [0.05, 0.1) is 6.61 Å². The lowest BCUT2D eigenvalue weighted by Gasteiger charge is -2.30. The van der Waals surface area contributed by atoms with E-state index in [1.165, 1.54) is 6.07 Å². The van der Waals surface area contributed by atoms with E-state index in [9.17, 15) is 8.78 Å². The van der Waals surface area contributed by atoms with Gasteiger partial charge in [-0.25, -0.2) is 13.2 Å². The van der Waals surface area contributed by atoms with Crippen LogP contribution in [0.3, 0.4) is 0 Å². The van der Waals surface area contributed by atoms with Crippen LogP contribution < -0.4 is 4.74 Å². The summed E-state index contributed by atoms with van der Waals surface area (Å²) in [7, 11) is 0. The van der Waals surface area contributed by atoms with Crippen LogP contribution >= 0.6 is 0 Å². The standard InChI is InChI=1S/C30H31F3O/c1-3-4-5-18-34-24-14-15-25(28(31)19-24)21-10-12-23(13-11-21)27-17-16-26(29(32)30(27)33)22-8-6-20(2)7-9-22/h3,6-9,14-17,19,21,23H,1,4-5,10-13,18H2,2H3. The van der Waals surface area contributed by atoms with Gasteiger partial charge in [0.2, 0.25) is 0 Å². The summed E-state index contributed by atoms with van der Waals surface area (Å²) in [5.41, 5.74) is 3.12. The third-order valence-corrected chi connectivity index (χ3v) is 6.87. The van der Waals surface area contributed by atoms with Crippen LogP contribution in [0.4, 0.5) is 13.2 Å². The first kappa shape index (κ1) is 24.1. The van der Waals surface area contributed by atoms with Gasteiger partial charge in [0.1, 0.15) is 11.6 Å². The van der Waals surface area contributed by atoms with Gasteiger partial charge < -0.3 is 4.74 Å². The molecule has 0 saturated heterocycles. The Balaban J connectivity index is 1.41. The predicted molar refractivity (Wildman–Crippen MR) is 132 cm³/mol. The van der Waals surface area contributed by atoms with Crippen LogP contribution in [0.2, 0.25) is 0 Å². The van der Waals surface area contributed by atoms with Crippen LogP contribution in [0, 0.1) is 24.4 Å². The Labute approximate surface area is 200 Å². The van der Waals surface area contributed by atoms with Crippen molar-refractivity contribution >= 4 is 0 Å². The van der Waals surface area contributed by atoms with Crippen molar-refractivity contribution in [3.05, 3.63) is 101 Å². The van der Waals surface area contributed by atoms with E-state index in [-0.39, 0.29) is 23.2 Å². The highest BCUT2D eigenvalue weighted by Gasteiger charge is 2.28. The monoisotopic (exact) mass is 464 g/mol. The maximum absolute atomic E-state index is 15.0. The number of rotatable bonds is 8. The zero-order valence-corrected chi connectivity index (χ0v) is 19.6. The highest BCUT2D eigenvalue weighted by molar-refractivity contribution is 5.65. The van der Waals surface area contributed by atoms with Crippen LogP contribution in [-0.2, 0) is 0 Å². The van der Waals surface area contributed by atoms with Crippen molar-refractivity contribution < 1.29 is 17.9 Å². The summed E-state index contributed by atoms with van der Waals surface area (Å²) in [4.78, 5) is 0. The van der Waals surface area contributed by atoms with Crippen molar-refractivity contribution in [3.8, 4) is 16.9 Å². The fourth-order valence-corrected chi connectivity index (χ4v) is 4.90. The molecule has 4 heteroatoms. The highest BCUT2D eigenvalue weighted by atomic mass is 19.2. The highest BCUT2D eigenvalue weighted by Crippen LogP contribution is 2.43. The molecule has 0 radical (unpaired) electrons. The van der Waals surface area contributed by atoms with Crippen LogP contribution in [-0.4, -0.2) is 6.61 Å². The topological polar surface area (TPSA) is 9.23 Å². The molecule has 1 nitrogen and oxygen atoms in total. The van der Waals surface area contributed by atoms with Gasteiger partial charge in [0, 0.05) is 11.6 Å². The molecule has 178 valence electrons. The van der Waals surface area contributed by atoms with Gasteiger partial charge >= 0.3 is 0 Å². The van der Waals surface area contributed by atoms with Crippen molar-refractivity contribution in [2.45, 2.75) is 57.3 Å². The van der Waals surface area contributed by atoms with E-state index in [0.717, 1.165) is 31.2 Å². The Hall–Kier alpha value is -3.01. The maximum atomic E-state index is 15.0. The van der Waals surface area contributed by atoms with Crippen molar-refractivity contribution in [3.63, 3.8) is 0 Å². The fourth-order valence-electron chi connectivity index (χ4n) is 4.90. The van der Waals surface area contributed by atoms with E-state index in [1.807, 2.05) is 43.3 Å². The SMILES string of the molecule is C=CCCCOc1ccc(C2CCC(c3ccc(-c4ccc(C)cc4)c(F)c3F)CC2)c(F)c1. The Kier molecular flexibility index (Phi) is 7.77. The van der Waals surface area contributed by atoms with Crippen molar-refractivity contribution in [2.24, 2.45) is 0 Å². The van der Waals surface area contributed by atoms with E-state index in [4.69, 9.17) is 4.74 Å². The molecule has 0 aromatic heterocycles. The third kappa shape index (κ3) is 5.38. The second-order valence-corrected chi connectivity index (χ2v) is 9.21. The van der Waals surface area contributed by atoms with Gasteiger partial charge in [-0.2, -0.15) is 0 Å². The number of aryl methyl sites for hydroxylation is 1. The number of hydrogen-bond acceptors (Lipinski definition) is 1. The van der Waals surface area contributed by atoms with Gasteiger partial charge in [0.25, 0.3) is 0 Å². The Morgan fingerprint density at radius 2 is 1.50 bits per heavy atom. The van der Waals surface area contributed by atoms with E-state index < -0.39 is 11.6 Å². The van der Waals surface area contributed by atoms with Crippen molar-refractivity contribution in [1.82, 2.24) is 0 Å². The second kappa shape index (κ2) is 10.9. The Morgan fingerprint density at radius 3 is 2.15 bits per heavy atom. The number of benzene rings is 3. The molecule has 0 N–H and O–H groups in total. The Morgan fingerprint density at radius 1 is 0.853 bits per heavy atom. The summed E-state index contributed by atoms with van der Waals surface area (Å²) in [5, 5.41) is 0. The lowest BCUT2D eigenvalue weighted by atomic mass is 9.75. The molecule has 34 heavy (non-hydrogen) atoms. The minimum Gasteiger partial charge on any atom is -0.493 e. The molecule has 0 unspecified atom stereocenters.